The number of nitrogens with zero attached hydrogens (tertiary/aromatic N) is 2. The molecule has 1 amide bonds. The molecule has 1 aliphatic heterocycles. The van der Waals surface area contributed by atoms with Crippen molar-refractivity contribution in [1.82, 2.24) is 9.88 Å². The zero-order chi connectivity index (χ0) is 20.2. The van der Waals surface area contributed by atoms with Crippen molar-refractivity contribution in [2.24, 2.45) is 0 Å². The maximum Gasteiger partial charge on any atom is 0.253 e. The van der Waals surface area contributed by atoms with Crippen molar-refractivity contribution < 1.29 is 13.6 Å². The Morgan fingerprint density at radius 2 is 1.66 bits per heavy atom. The van der Waals surface area contributed by atoms with Gasteiger partial charge in [-0.25, -0.2) is 8.78 Å². The molecule has 1 aromatic heterocycles. The molecule has 1 fully saturated rings. The molecule has 0 radical (unpaired) electrons. The highest BCUT2D eigenvalue weighted by molar-refractivity contribution is 5.94. The number of carbonyl (C=O) groups is 1. The van der Waals surface area contributed by atoms with Crippen LogP contribution in [0.25, 0.3) is 0 Å². The fourth-order valence-corrected chi connectivity index (χ4v) is 3.83. The van der Waals surface area contributed by atoms with Gasteiger partial charge in [0, 0.05) is 42.4 Å². The minimum Gasteiger partial charge on any atom is -0.339 e. The van der Waals surface area contributed by atoms with Crippen LogP contribution in [0, 0.1) is 11.6 Å². The van der Waals surface area contributed by atoms with Crippen LogP contribution in [0.1, 0.15) is 46.1 Å². The van der Waals surface area contributed by atoms with E-state index in [1.807, 2.05) is 29.2 Å². The van der Waals surface area contributed by atoms with Gasteiger partial charge in [0.2, 0.25) is 0 Å². The van der Waals surface area contributed by atoms with E-state index in [9.17, 15) is 13.6 Å². The quantitative estimate of drug-likeness (QED) is 0.628. The second kappa shape index (κ2) is 8.52. The SMILES string of the molecule is O=C(c1ccc(F)cc1)N1CCC(c2cccc(Cc3cccc(F)c3)n2)CC1. The smallest absolute Gasteiger partial charge is 0.253 e. The van der Waals surface area contributed by atoms with Crippen LogP contribution in [0.3, 0.4) is 0 Å². The van der Waals surface area contributed by atoms with Gasteiger partial charge in [-0.3, -0.25) is 9.78 Å². The highest BCUT2D eigenvalue weighted by Gasteiger charge is 2.25. The van der Waals surface area contributed by atoms with Crippen LogP contribution in [-0.2, 0) is 6.42 Å². The Kier molecular flexibility index (Phi) is 5.65. The van der Waals surface area contributed by atoms with Gasteiger partial charge in [-0.1, -0.05) is 18.2 Å². The van der Waals surface area contributed by atoms with Crippen LogP contribution >= 0.6 is 0 Å². The molecule has 1 aliphatic rings. The van der Waals surface area contributed by atoms with Crippen LogP contribution in [0.2, 0.25) is 0 Å². The third kappa shape index (κ3) is 4.67. The van der Waals surface area contributed by atoms with Crippen molar-refractivity contribution in [2.45, 2.75) is 25.2 Å². The molecule has 0 saturated carbocycles. The van der Waals surface area contributed by atoms with Gasteiger partial charge < -0.3 is 4.90 Å². The highest BCUT2D eigenvalue weighted by atomic mass is 19.1. The molecule has 0 unspecified atom stereocenters. The Morgan fingerprint density at radius 1 is 0.931 bits per heavy atom. The molecule has 3 aromatic rings. The van der Waals surface area contributed by atoms with E-state index in [4.69, 9.17) is 4.98 Å². The molecule has 29 heavy (non-hydrogen) atoms. The van der Waals surface area contributed by atoms with Crippen molar-refractivity contribution >= 4 is 5.91 Å². The molecule has 0 aliphatic carbocycles. The van der Waals surface area contributed by atoms with Gasteiger partial charge in [0.05, 0.1) is 0 Å². The summed E-state index contributed by atoms with van der Waals surface area (Å²) >= 11 is 0. The molecule has 0 spiro atoms. The monoisotopic (exact) mass is 392 g/mol. The van der Waals surface area contributed by atoms with E-state index in [0.29, 0.717) is 31.0 Å². The summed E-state index contributed by atoms with van der Waals surface area (Å²) in [5, 5.41) is 0. The number of hydrogen-bond acceptors (Lipinski definition) is 2. The van der Waals surface area contributed by atoms with E-state index in [1.165, 1.54) is 36.4 Å². The molecule has 3 nitrogen and oxygen atoms in total. The number of halogens is 2. The number of aromatic nitrogens is 1. The number of carbonyl (C=O) groups excluding carboxylic acids is 1. The zero-order valence-electron chi connectivity index (χ0n) is 16.0. The van der Waals surface area contributed by atoms with E-state index in [1.54, 1.807) is 6.07 Å². The first-order valence-corrected chi connectivity index (χ1v) is 9.83. The van der Waals surface area contributed by atoms with Crippen molar-refractivity contribution in [3.8, 4) is 0 Å². The highest BCUT2D eigenvalue weighted by Crippen LogP contribution is 2.28. The predicted molar refractivity (Wildman–Crippen MR) is 108 cm³/mol. The summed E-state index contributed by atoms with van der Waals surface area (Å²) in [6.45, 7) is 1.30. The fraction of sp³-hybridized carbons (Fsp3) is 0.250. The number of pyridine rings is 1. The lowest BCUT2D eigenvalue weighted by molar-refractivity contribution is 0.0712. The lowest BCUT2D eigenvalue weighted by Crippen LogP contribution is -2.38. The molecule has 1 saturated heterocycles. The van der Waals surface area contributed by atoms with Crippen molar-refractivity contribution in [1.29, 1.82) is 0 Å². The zero-order valence-corrected chi connectivity index (χ0v) is 16.0. The van der Waals surface area contributed by atoms with E-state index < -0.39 is 0 Å². The van der Waals surface area contributed by atoms with Crippen LogP contribution in [-0.4, -0.2) is 28.9 Å². The molecule has 2 heterocycles. The number of amides is 1. The molecule has 0 atom stereocenters. The number of likely N-dealkylation sites (tertiary alicyclic amines) is 1. The normalized spacial score (nSPS) is 14.8. The Morgan fingerprint density at radius 3 is 2.38 bits per heavy atom. The molecule has 148 valence electrons. The molecular weight excluding hydrogens is 370 g/mol. The molecular formula is C24H22F2N2O. The summed E-state index contributed by atoms with van der Waals surface area (Å²) in [6, 6.07) is 18.2. The van der Waals surface area contributed by atoms with E-state index in [-0.39, 0.29) is 17.5 Å². The minimum atomic E-state index is -0.343. The lowest BCUT2D eigenvalue weighted by Gasteiger charge is -2.32. The number of hydrogen-bond donors (Lipinski definition) is 0. The van der Waals surface area contributed by atoms with Gasteiger partial charge in [0.15, 0.2) is 0 Å². The summed E-state index contributed by atoms with van der Waals surface area (Å²) in [4.78, 5) is 19.2. The second-order valence-corrected chi connectivity index (χ2v) is 7.43. The Bertz CT molecular complexity index is 996. The van der Waals surface area contributed by atoms with Crippen molar-refractivity contribution in [3.63, 3.8) is 0 Å². The maximum absolute atomic E-state index is 13.4. The van der Waals surface area contributed by atoms with Crippen LogP contribution < -0.4 is 0 Å². The first kappa shape index (κ1) is 19.2. The number of benzene rings is 2. The van der Waals surface area contributed by atoms with E-state index in [2.05, 4.69) is 0 Å². The molecule has 4 rings (SSSR count). The third-order valence-corrected chi connectivity index (χ3v) is 5.39. The van der Waals surface area contributed by atoms with Gasteiger partial charge in [-0.2, -0.15) is 0 Å². The lowest BCUT2D eigenvalue weighted by atomic mass is 9.92. The minimum absolute atomic E-state index is 0.0590. The number of rotatable bonds is 4. The van der Waals surface area contributed by atoms with Crippen LogP contribution in [0.4, 0.5) is 8.78 Å². The molecule has 0 bridgehead atoms. The number of piperidine rings is 1. The van der Waals surface area contributed by atoms with Gasteiger partial charge >= 0.3 is 0 Å². The summed E-state index contributed by atoms with van der Waals surface area (Å²) < 4.78 is 26.5. The summed E-state index contributed by atoms with van der Waals surface area (Å²) in [5.41, 5.74) is 3.35. The average Bonchev–Trinajstić information content (AvgIpc) is 2.74. The van der Waals surface area contributed by atoms with Crippen LogP contribution in [0.15, 0.2) is 66.7 Å². The Balaban J connectivity index is 1.39. The summed E-state index contributed by atoms with van der Waals surface area (Å²) in [7, 11) is 0. The van der Waals surface area contributed by atoms with Gasteiger partial charge in [0.1, 0.15) is 11.6 Å². The standard InChI is InChI=1S/C24H22F2N2O/c25-20-9-7-19(8-10-20)24(29)28-13-11-18(12-14-28)23-6-2-5-22(27-23)16-17-3-1-4-21(26)15-17/h1-10,15,18H,11-14,16H2. The van der Waals surface area contributed by atoms with Gasteiger partial charge in [0.25, 0.3) is 5.91 Å². The largest absolute Gasteiger partial charge is 0.339 e. The van der Waals surface area contributed by atoms with E-state index >= 15 is 0 Å². The first-order chi connectivity index (χ1) is 14.1. The Hall–Kier alpha value is -3.08. The van der Waals surface area contributed by atoms with Crippen molar-refractivity contribution in [2.75, 3.05) is 13.1 Å². The van der Waals surface area contributed by atoms with Gasteiger partial charge in [-0.05, 0) is 66.9 Å². The third-order valence-electron chi connectivity index (χ3n) is 5.39. The van der Waals surface area contributed by atoms with Gasteiger partial charge in [-0.15, -0.1) is 0 Å². The van der Waals surface area contributed by atoms with E-state index in [0.717, 1.165) is 29.8 Å². The maximum atomic E-state index is 13.4. The Labute approximate surface area is 169 Å². The van der Waals surface area contributed by atoms with Crippen molar-refractivity contribution in [3.05, 3.63) is 101 Å². The topological polar surface area (TPSA) is 33.2 Å². The molecule has 5 heteroatoms. The van der Waals surface area contributed by atoms with Crippen LogP contribution in [0.5, 0.6) is 0 Å². The predicted octanol–water partition coefficient (Wildman–Crippen LogP) is 4.97. The molecule has 0 N–H and O–H groups in total. The molecule has 2 aromatic carbocycles. The average molecular weight is 392 g/mol. The first-order valence-electron chi connectivity index (χ1n) is 9.83. The summed E-state index contributed by atoms with van der Waals surface area (Å²) in [5.74, 6) is -0.350. The summed E-state index contributed by atoms with van der Waals surface area (Å²) in [6.07, 6.45) is 2.26. The fourth-order valence-electron chi connectivity index (χ4n) is 3.83. The second-order valence-electron chi connectivity index (χ2n) is 7.43.